The first kappa shape index (κ1) is 14.5. The van der Waals surface area contributed by atoms with Crippen molar-refractivity contribution >= 4 is 26.6 Å². The minimum Gasteiger partial charge on any atom is -0.277 e. The van der Waals surface area contributed by atoms with Gasteiger partial charge in [-0.15, -0.1) is 0 Å². The zero-order valence-corrected chi connectivity index (χ0v) is 13.1. The SMILES string of the molecule is Cc1ccc(S(=O)(=O)Nc2cccc3cccnc23)c(C)n1. The van der Waals surface area contributed by atoms with Gasteiger partial charge in [-0.05, 0) is 38.1 Å². The molecule has 0 atom stereocenters. The lowest BCUT2D eigenvalue weighted by atomic mass is 10.2. The Balaban J connectivity index is 2.07. The predicted octanol–water partition coefficient (Wildman–Crippen LogP) is 3.05. The van der Waals surface area contributed by atoms with Gasteiger partial charge in [-0.2, -0.15) is 0 Å². The number of hydrogen-bond acceptors (Lipinski definition) is 4. The van der Waals surface area contributed by atoms with Crippen molar-refractivity contribution < 1.29 is 8.42 Å². The van der Waals surface area contributed by atoms with Crippen LogP contribution in [0.25, 0.3) is 10.9 Å². The van der Waals surface area contributed by atoms with Crippen molar-refractivity contribution in [1.29, 1.82) is 0 Å². The molecule has 0 aliphatic rings. The maximum Gasteiger partial charge on any atom is 0.263 e. The molecule has 0 radical (unpaired) electrons. The van der Waals surface area contributed by atoms with Crippen LogP contribution in [0.15, 0.2) is 53.6 Å². The van der Waals surface area contributed by atoms with Crippen LogP contribution in [0.1, 0.15) is 11.4 Å². The first-order valence-electron chi connectivity index (χ1n) is 6.78. The normalized spacial score (nSPS) is 11.5. The van der Waals surface area contributed by atoms with Gasteiger partial charge in [0.15, 0.2) is 0 Å². The number of pyridine rings is 2. The number of anilines is 1. The van der Waals surface area contributed by atoms with E-state index in [1.807, 2.05) is 25.1 Å². The molecule has 2 heterocycles. The van der Waals surface area contributed by atoms with Crippen molar-refractivity contribution in [2.24, 2.45) is 0 Å². The molecule has 5 nitrogen and oxygen atoms in total. The quantitative estimate of drug-likeness (QED) is 0.806. The summed E-state index contributed by atoms with van der Waals surface area (Å²) in [6.45, 7) is 3.51. The van der Waals surface area contributed by atoms with E-state index >= 15 is 0 Å². The molecular formula is C16H15N3O2S. The van der Waals surface area contributed by atoms with Crippen molar-refractivity contribution in [2.75, 3.05) is 4.72 Å². The van der Waals surface area contributed by atoms with Crippen LogP contribution in [-0.2, 0) is 10.0 Å². The molecule has 0 bridgehead atoms. The van der Waals surface area contributed by atoms with Crippen LogP contribution in [0.3, 0.4) is 0 Å². The fraction of sp³-hybridized carbons (Fsp3) is 0.125. The molecule has 22 heavy (non-hydrogen) atoms. The number of aromatic nitrogens is 2. The largest absolute Gasteiger partial charge is 0.277 e. The zero-order valence-electron chi connectivity index (χ0n) is 12.2. The second-order valence-corrected chi connectivity index (χ2v) is 6.67. The molecule has 6 heteroatoms. The van der Waals surface area contributed by atoms with E-state index < -0.39 is 10.0 Å². The topological polar surface area (TPSA) is 72.0 Å². The Morgan fingerprint density at radius 3 is 2.55 bits per heavy atom. The standard InChI is InChI=1S/C16H15N3O2S/c1-11-8-9-15(12(2)18-11)22(20,21)19-14-7-3-5-13-6-4-10-17-16(13)14/h3-10,19H,1-2H3. The lowest BCUT2D eigenvalue weighted by Crippen LogP contribution is -2.15. The Morgan fingerprint density at radius 1 is 1.00 bits per heavy atom. The summed E-state index contributed by atoms with van der Waals surface area (Å²) in [5.74, 6) is 0. The van der Waals surface area contributed by atoms with Gasteiger partial charge in [-0.25, -0.2) is 8.42 Å². The first-order valence-corrected chi connectivity index (χ1v) is 8.26. The van der Waals surface area contributed by atoms with E-state index in [2.05, 4.69) is 14.7 Å². The lowest BCUT2D eigenvalue weighted by Gasteiger charge is -2.11. The maximum atomic E-state index is 12.6. The van der Waals surface area contributed by atoms with Crippen LogP contribution in [-0.4, -0.2) is 18.4 Å². The third-order valence-electron chi connectivity index (χ3n) is 3.34. The van der Waals surface area contributed by atoms with E-state index in [1.165, 1.54) is 0 Å². The van der Waals surface area contributed by atoms with Gasteiger partial charge in [0.2, 0.25) is 0 Å². The Morgan fingerprint density at radius 2 is 1.77 bits per heavy atom. The number of aryl methyl sites for hydroxylation is 2. The van der Waals surface area contributed by atoms with E-state index in [0.29, 0.717) is 16.9 Å². The fourth-order valence-corrected chi connectivity index (χ4v) is 3.59. The van der Waals surface area contributed by atoms with Gasteiger partial charge in [0, 0.05) is 17.3 Å². The zero-order chi connectivity index (χ0) is 15.7. The van der Waals surface area contributed by atoms with Crippen molar-refractivity contribution in [1.82, 2.24) is 9.97 Å². The van der Waals surface area contributed by atoms with Crippen LogP contribution >= 0.6 is 0 Å². The van der Waals surface area contributed by atoms with E-state index in [1.54, 1.807) is 37.4 Å². The summed E-state index contributed by atoms with van der Waals surface area (Å²) in [5.41, 5.74) is 2.33. The van der Waals surface area contributed by atoms with Gasteiger partial charge in [0.05, 0.1) is 16.9 Å². The molecule has 1 aromatic carbocycles. The Kier molecular flexibility index (Phi) is 3.54. The summed E-state index contributed by atoms with van der Waals surface area (Å²) in [7, 11) is -3.70. The number of rotatable bonds is 3. The molecule has 0 aliphatic carbocycles. The van der Waals surface area contributed by atoms with Gasteiger partial charge >= 0.3 is 0 Å². The average Bonchev–Trinajstić information content (AvgIpc) is 2.47. The Hall–Kier alpha value is -2.47. The van der Waals surface area contributed by atoms with Crippen LogP contribution in [0.5, 0.6) is 0 Å². The van der Waals surface area contributed by atoms with Crippen LogP contribution < -0.4 is 4.72 Å². The van der Waals surface area contributed by atoms with Crippen molar-refractivity contribution in [3.8, 4) is 0 Å². The van der Waals surface area contributed by atoms with Gasteiger partial charge in [-0.3, -0.25) is 14.7 Å². The molecule has 0 saturated heterocycles. The number of hydrogen-bond donors (Lipinski definition) is 1. The van der Waals surface area contributed by atoms with Crippen LogP contribution in [0.2, 0.25) is 0 Å². The number of para-hydroxylation sites is 1. The first-order chi connectivity index (χ1) is 10.5. The summed E-state index contributed by atoms with van der Waals surface area (Å²) >= 11 is 0. The summed E-state index contributed by atoms with van der Waals surface area (Å²) < 4.78 is 27.8. The van der Waals surface area contributed by atoms with Crippen molar-refractivity contribution in [3.63, 3.8) is 0 Å². The number of fused-ring (bicyclic) bond motifs is 1. The molecule has 0 aliphatic heterocycles. The van der Waals surface area contributed by atoms with Gasteiger partial charge in [-0.1, -0.05) is 18.2 Å². The number of nitrogens with zero attached hydrogens (tertiary/aromatic N) is 2. The molecule has 112 valence electrons. The Labute approximate surface area is 129 Å². The summed E-state index contributed by atoms with van der Waals surface area (Å²) in [6, 6.07) is 12.3. The second kappa shape index (κ2) is 5.38. The minimum absolute atomic E-state index is 0.172. The lowest BCUT2D eigenvalue weighted by molar-refractivity contribution is 0.600. The van der Waals surface area contributed by atoms with E-state index in [-0.39, 0.29) is 4.90 Å². The summed E-state index contributed by atoms with van der Waals surface area (Å²) in [6.07, 6.45) is 1.64. The minimum atomic E-state index is -3.70. The molecule has 1 N–H and O–H groups in total. The molecule has 2 aromatic heterocycles. The average molecular weight is 313 g/mol. The van der Waals surface area contributed by atoms with Crippen LogP contribution in [0, 0.1) is 13.8 Å². The van der Waals surface area contributed by atoms with Crippen LogP contribution in [0.4, 0.5) is 5.69 Å². The predicted molar refractivity (Wildman–Crippen MR) is 86.3 cm³/mol. The summed E-state index contributed by atoms with van der Waals surface area (Å²) in [4.78, 5) is 8.63. The molecule has 0 amide bonds. The molecule has 3 rings (SSSR count). The summed E-state index contributed by atoms with van der Waals surface area (Å²) in [5, 5.41) is 0.876. The molecule has 0 spiro atoms. The monoisotopic (exact) mass is 313 g/mol. The van der Waals surface area contributed by atoms with Crippen molar-refractivity contribution in [3.05, 3.63) is 60.0 Å². The molecule has 0 saturated carbocycles. The highest BCUT2D eigenvalue weighted by Crippen LogP contribution is 2.24. The number of sulfonamides is 1. The second-order valence-electron chi connectivity index (χ2n) is 5.02. The Bertz CT molecular complexity index is 947. The number of benzene rings is 1. The van der Waals surface area contributed by atoms with E-state index in [9.17, 15) is 8.42 Å². The highest BCUT2D eigenvalue weighted by Gasteiger charge is 2.19. The van der Waals surface area contributed by atoms with E-state index in [0.717, 1.165) is 11.1 Å². The van der Waals surface area contributed by atoms with Gasteiger partial charge in [0.25, 0.3) is 10.0 Å². The molecular weight excluding hydrogens is 298 g/mol. The molecule has 3 aromatic rings. The smallest absolute Gasteiger partial charge is 0.263 e. The fourth-order valence-electron chi connectivity index (χ4n) is 2.34. The third kappa shape index (κ3) is 2.65. The molecule has 0 fully saturated rings. The molecule has 0 unspecified atom stereocenters. The van der Waals surface area contributed by atoms with Gasteiger partial charge in [0.1, 0.15) is 4.90 Å². The number of nitrogens with one attached hydrogen (secondary N) is 1. The van der Waals surface area contributed by atoms with Crippen molar-refractivity contribution in [2.45, 2.75) is 18.7 Å². The van der Waals surface area contributed by atoms with E-state index in [4.69, 9.17) is 0 Å². The van der Waals surface area contributed by atoms with Gasteiger partial charge < -0.3 is 0 Å². The third-order valence-corrected chi connectivity index (χ3v) is 4.84. The maximum absolute atomic E-state index is 12.6. The highest BCUT2D eigenvalue weighted by atomic mass is 32.2. The highest BCUT2D eigenvalue weighted by molar-refractivity contribution is 7.92.